The first kappa shape index (κ1) is 19.0. The monoisotopic (exact) mass is 344 g/mol. The van der Waals surface area contributed by atoms with E-state index in [1.807, 2.05) is 0 Å². The number of carbonyl (C=O) groups excluding carboxylic acids is 1. The number of rotatable bonds is 3. The number of ether oxygens (including phenoxy) is 1. The largest absolute Gasteiger partial charge is 0.377 e. The lowest BCUT2D eigenvalue weighted by Gasteiger charge is -2.65. The van der Waals surface area contributed by atoms with Crippen molar-refractivity contribution >= 4 is 18.3 Å². The topological polar surface area (TPSA) is 64.4 Å². The molecular weight excluding hydrogens is 312 g/mol. The lowest BCUT2D eigenvalue weighted by Crippen LogP contribution is -2.82. The molecule has 2 saturated carbocycles. The molecule has 0 aromatic rings. The standard InChI is InChI=1S/C18H32N2O2.ClH/c1-4-12-7-9-13(10-8-12)20-16(21)18(19)14-6-5-11-22-15(14)17(18,2)3;/h12-15H,4-11,19H2,1-3H3,(H,20,21);1H. The summed E-state index contributed by atoms with van der Waals surface area (Å²) in [6, 6.07) is 0.315. The van der Waals surface area contributed by atoms with Crippen molar-refractivity contribution in [2.75, 3.05) is 6.61 Å². The van der Waals surface area contributed by atoms with Crippen LogP contribution in [0.1, 0.15) is 65.7 Å². The van der Waals surface area contributed by atoms with Crippen molar-refractivity contribution < 1.29 is 9.53 Å². The Bertz CT molecular complexity index is 435. The predicted octanol–water partition coefficient (Wildman–Crippen LogP) is 3.03. The van der Waals surface area contributed by atoms with E-state index in [2.05, 4.69) is 26.1 Å². The number of hydrogen-bond acceptors (Lipinski definition) is 3. The summed E-state index contributed by atoms with van der Waals surface area (Å²) in [5, 5.41) is 3.28. The number of hydrogen-bond donors (Lipinski definition) is 2. The molecule has 0 spiro atoms. The van der Waals surface area contributed by atoms with E-state index in [9.17, 15) is 4.79 Å². The first-order valence-corrected chi connectivity index (χ1v) is 9.12. The highest BCUT2D eigenvalue weighted by atomic mass is 35.5. The number of nitrogens with two attached hydrogens (primary N) is 1. The maximum Gasteiger partial charge on any atom is 0.241 e. The molecule has 4 nitrogen and oxygen atoms in total. The minimum absolute atomic E-state index is 0. The summed E-state index contributed by atoms with van der Waals surface area (Å²) in [6.07, 6.45) is 8.11. The van der Waals surface area contributed by atoms with Gasteiger partial charge in [-0.25, -0.2) is 0 Å². The summed E-state index contributed by atoms with van der Waals surface area (Å²) in [5.74, 6) is 1.09. The number of fused-ring (bicyclic) bond motifs is 1. The first-order chi connectivity index (χ1) is 10.4. The third-order valence-electron chi connectivity index (χ3n) is 6.82. The molecule has 0 aromatic carbocycles. The minimum Gasteiger partial charge on any atom is -0.377 e. The van der Waals surface area contributed by atoms with Gasteiger partial charge in [-0.15, -0.1) is 12.4 Å². The zero-order valence-electron chi connectivity index (χ0n) is 14.8. The second-order valence-electron chi connectivity index (χ2n) is 8.23. The molecule has 1 heterocycles. The molecule has 0 radical (unpaired) electrons. The molecule has 3 aliphatic rings. The van der Waals surface area contributed by atoms with Gasteiger partial charge in [0.15, 0.2) is 0 Å². The molecule has 3 fully saturated rings. The van der Waals surface area contributed by atoms with Crippen LogP contribution in [0.15, 0.2) is 0 Å². The van der Waals surface area contributed by atoms with Crippen molar-refractivity contribution in [2.24, 2.45) is 23.0 Å². The Balaban J connectivity index is 0.00000192. The fourth-order valence-electron chi connectivity index (χ4n) is 5.06. The second-order valence-corrected chi connectivity index (χ2v) is 8.23. The molecule has 0 aromatic heterocycles. The Hall–Kier alpha value is -0.320. The smallest absolute Gasteiger partial charge is 0.241 e. The molecule has 3 atom stereocenters. The third kappa shape index (κ3) is 2.91. The Kier molecular flexibility index (Phi) is 5.70. The van der Waals surface area contributed by atoms with Gasteiger partial charge in [0.05, 0.1) is 6.10 Å². The molecule has 3 unspecified atom stereocenters. The van der Waals surface area contributed by atoms with Crippen LogP contribution in [0.4, 0.5) is 0 Å². The molecule has 2 aliphatic carbocycles. The summed E-state index contributed by atoms with van der Waals surface area (Å²) >= 11 is 0. The lowest BCUT2D eigenvalue weighted by atomic mass is 9.46. The second kappa shape index (κ2) is 6.89. The van der Waals surface area contributed by atoms with Gasteiger partial charge in [-0.1, -0.05) is 27.2 Å². The van der Waals surface area contributed by atoms with Crippen LogP contribution < -0.4 is 11.1 Å². The average molecular weight is 345 g/mol. The Morgan fingerprint density at radius 3 is 2.48 bits per heavy atom. The van der Waals surface area contributed by atoms with Crippen LogP contribution in [0.2, 0.25) is 0 Å². The Morgan fingerprint density at radius 2 is 1.87 bits per heavy atom. The molecule has 1 amide bonds. The molecule has 3 N–H and O–H groups in total. The highest BCUT2D eigenvalue weighted by molar-refractivity contribution is 5.89. The average Bonchev–Trinajstić information content (AvgIpc) is 2.54. The van der Waals surface area contributed by atoms with Gasteiger partial charge < -0.3 is 15.8 Å². The van der Waals surface area contributed by atoms with Crippen molar-refractivity contribution in [3.63, 3.8) is 0 Å². The van der Waals surface area contributed by atoms with E-state index in [1.165, 1.54) is 19.3 Å². The van der Waals surface area contributed by atoms with Crippen molar-refractivity contribution in [1.29, 1.82) is 0 Å². The van der Waals surface area contributed by atoms with E-state index in [0.717, 1.165) is 38.2 Å². The third-order valence-corrected chi connectivity index (χ3v) is 6.82. The van der Waals surface area contributed by atoms with Gasteiger partial charge in [0.1, 0.15) is 5.54 Å². The van der Waals surface area contributed by atoms with E-state index in [1.54, 1.807) is 0 Å². The van der Waals surface area contributed by atoms with E-state index in [-0.39, 0.29) is 35.8 Å². The maximum absolute atomic E-state index is 12.9. The molecule has 5 heteroatoms. The SMILES string of the molecule is CCC1CCC(NC(=O)C2(N)C3CCCOC3C2(C)C)CC1.Cl. The first-order valence-electron chi connectivity index (χ1n) is 9.12. The minimum atomic E-state index is -0.764. The molecule has 1 aliphatic heterocycles. The highest BCUT2D eigenvalue weighted by Gasteiger charge is 2.70. The summed E-state index contributed by atoms with van der Waals surface area (Å²) in [5.41, 5.74) is 5.62. The molecule has 134 valence electrons. The van der Waals surface area contributed by atoms with Gasteiger partial charge in [-0.2, -0.15) is 0 Å². The Morgan fingerprint density at radius 1 is 1.22 bits per heavy atom. The fraction of sp³-hybridized carbons (Fsp3) is 0.944. The molecule has 23 heavy (non-hydrogen) atoms. The van der Waals surface area contributed by atoms with Gasteiger partial charge in [-0.3, -0.25) is 4.79 Å². The van der Waals surface area contributed by atoms with Crippen molar-refractivity contribution in [1.82, 2.24) is 5.32 Å². The van der Waals surface area contributed by atoms with E-state index in [4.69, 9.17) is 10.5 Å². The van der Waals surface area contributed by atoms with Crippen LogP contribution in [0.3, 0.4) is 0 Å². The molecular formula is C18H33ClN2O2. The van der Waals surface area contributed by atoms with Crippen LogP contribution >= 0.6 is 12.4 Å². The van der Waals surface area contributed by atoms with Gasteiger partial charge in [-0.05, 0) is 44.4 Å². The van der Waals surface area contributed by atoms with Crippen LogP contribution in [-0.4, -0.2) is 30.2 Å². The zero-order chi connectivity index (χ0) is 16.0. The number of carbonyl (C=O) groups is 1. The highest BCUT2D eigenvalue weighted by Crippen LogP contribution is 2.57. The van der Waals surface area contributed by atoms with Gasteiger partial charge in [0, 0.05) is 24.0 Å². The van der Waals surface area contributed by atoms with E-state index < -0.39 is 5.54 Å². The van der Waals surface area contributed by atoms with Crippen LogP contribution in [0.5, 0.6) is 0 Å². The summed E-state index contributed by atoms with van der Waals surface area (Å²) in [7, 11) is 0. The summed E-state index contributed by atoms with van der Waals surface area (Å²) in [6.45, 7) is 7.25. The maximum atomic E-state index is 12.9. The summed E-state index contributed by atoms with van der Waals surface area (Å²) < 4.78 is 5.90. The van der Waals surface area contributed by atoms with Gasteiger partial charge in [0.2, 0.25) is 5.91 Å². The van der Waals surface area contributed by atoms with Gasteiger partial charge >= 0.3 is 0 Å². The van der Waals surface area contributed by atoms with Crippen molar-refractivity contribution in [3.05, 3.63) is 0 Å². The van der Waals surface area contributed by atoms with Crippen LogP contribution in [0.25, 0.3) is 0 Å². The fourth-order valence-corrected chi connectivity index (χ4v) is 5.06. The van der Waals surface area contributed by atoms with Gasteiger partial charge in [0.25, 0.3) is 0 Å². The lowest BCUT2D eigenvalue weighted by molar-refractivity contribution is -0.225. The van der Waals surface area contributed by atoms with Crippen LogP contribution in [-0.2, 0) is 9.53 Å². The molecule has 3 rings (SSSR count). The molecule has 1 saturated heterocycles. The normalized spacial score (nSPS) is 41.9. The Labute approximate surface area is 146 Å². The van der Waals surface area contributed by atoms with E-state index >= 15 is 0 Å². The number of nitrogens with one attached hydrogen (secondary N) is 1. The predicted molar refractivity (Wildman–Crippen MR) is 94.6 cm³/mol. The zero-order valence-corrected chi connectivity index (χ0v) is 15.6. The van der Waals surface area contributed by atoms with Crippen molar-refractivity contribution in [2.45, 2.75) is 83.4 Å². The number of halogens is 1. The summed E-state index contributed by atoms with van der Waals surface area (Å²) in [4.78, 5) is 12.9. The quantitative estimate of drug-likeness (QED) is 0.827. The van der Waals surface area contributed by atoms with Crippen LogP contribution in [0, 0.1) is 17.3 Å². The van der Waals surface area contributed by atoms with Crippen molar-refractivity contribution in [3.8, 4) is 0 Å². The molecule has 0 bridgehead atoms. The van der Waals surface area contributed by atoms with E-state index in [0.29, 0.717) is 6.04 Å². The number of amides is 1.